The normalized spacial score (nSPS) is 12.1. The van der Waals surface area contributed by atoms with Gasteiger partial charge in [0.15, 0.2) is 23.4 Å². The summed E-state index contributed by atoms with van der Waals surface area (Å²) in [5.74, 6) is -3.24. The second kappa shape index (κ2) is 5.20. The number of hydrogen-bond donors (Lipinski definition) is 2. The second-order valence-electron chi connectivity index (χ2n) is 3.07. The molecular formula is C10H10ClFO5. The van der Waals surface area contributed by atoms with Crippen LogP contribution in [-0.2, 0) is 9.53 Å². The molecule has 0 bridgehead atoms. The van der Waals surface area contributed by atoms with Crippen LogP contribution in [0.25, 0.3) is 0 Å². The molecule has 17 heavy (non-hydrogen) atoms. The fraction of sp³-hybridized carbons (Fsp3) is 0.300. The summed E-state index contributed by atoms with van der Waals surface area (Å²) in [7, 11) is 2.17. The Bertz CT molecular complexity index is 449. The summed E-state index contributed by atoms with van der Waals surface area (Å²) in [6.07, 6.45) is -1.77. The minimum absolute atomic E-state index is 0.292. The van der Waals surface area contributed by atoms with Crippen molar-refractivity contribution in [2.75, 3.05) is 14.2 Å². The Hall–Kier alpha value is -1.53. The van der Waals surface area contributed by atoms with Gasteiger partial charge in [0.2, 0.25) is 0 Å². The van der Waals surface area contributed by atoms with E-state index < -0.39 is 34.4 Å². The first-order valence-corrected chi connectivity index (χ1v) is 4.82. The molecule has 1 atom stereocenters. The maximum absolute atomic E-state index is 13.4. The summed E-state index contributed by atoms with van der Waals surface area (Å²) in [6, 6.07) is 0.927. The second-order valence-corrected chi connectivity index (χ2v) is 3.48. The van der Waals surface area contributed by atoms with Gasteiger partial charge >= 0.3 is 5.97 Å². The van der Waals surface area contributed by atoms with E-state index in [9.17, 15) is 19.4 Å². The van der Waals surface area contributed by atoms with Gasteiger partial charge < -0.3 is 19.7 Å². The zero-order valence-electron chi connectivity index (χ0n) is 9.03. The number of esters is 1. The highest BCUT2D eigenvalue weighted by molar-refractivity contribution is 6.31. The lowest BCUT2D eigenvalue weighted by Crippen LogP contribution is -2.14. The molecule has 1 aromatic rings. The molecule has 0 amide bonds. The zero-order valence-corrected chi connectivity index (χ0v) is 9.79. The highest BCUT2D eigenvalue weighted by Gasteiger charge is 2.27. The van der Waals surface area contributed by atoms with E-state index in [2.05, 4.69) is 9.47 Å². The van der Waals surface area contributed by atoms with Crippen LogP contribution in [0.5, 0.6) is 11.5 Å². The Morgan fingerprint density at radius 3 is 2.59 bits per heavy atom. The molecule has 0 fully saturated rings. The lowest BCUT2D eigenvalue weighted by atomic mass is 10.1. The number of ether oxygens (including phenoxy) is 2. The van der Waals surface area contributed by atoms with Crippen LogP contribution in [0.2, 0.25) is 5.02 Å². The number of aliphatic hydroxyl groups excluding tert-OH is 1. The fourth-order valence-corrected chi connectivity index (χ4v) is 1.45. The van der Waals surface area contributed by atoms with E-state index in [-0.39, 0.29) is 5.56 Å². The van der Waals surface area contributed by atoms with E-state index in [0.717, 1.165) is 20.3 Å². The molecule has 7 heteroatoms. The van der Waals surface area contributed by atoms with Gasteiger partial charge in [-0.3, -0.25) is 0 Å². The van der Waals surface area contributed by atoms with Crippen LogP contribution in [0, 0.1) is 5.82 Å². The minimum Gasteiger partial charge on any atom is -0.504 e. The van der Waals surface area contributed by atoms with E-state index in [1.165, 1.54) is 0 Å². The number of benzene rings is 1. The Labute approximate surface area is 101 Å². The van der Waals surface area contributed by atoms with E-state index in [4.69, 9.17) is 11.6 Å². The van der Waals surface area contributed by atoms with E-state index >= 15 is 0 Å². The molecule has 0 aliphatic heterocycles. The number of aliphatic hydroxyl groups is 1. The molecule has 0 aliphatic carbocycles. The number of phenolic OH excluding ortho intramolecular Hbond substituents is 1. The summed E-state index contributed by atoms with van der Waals surface area (Å²) in [4.78, 5) is 11.1. The molecule has 1 rings (SSSR count). The van der Waals surface area contributed by atoms with Gasteiger partial charge in [0.05, 0.1) is 19.2 Å². The molecule has 5 nitrogen and oxygen atoms in total. The number of aromatic hydroxyl groups is 1. The lowest BCUT2D eigenvalue weighted by Gasteiger charge is -2.14. The maximum atomic E-state index is 13.4. The van der Waals surface area contributed by atoms with Crippen molar-refractivity contribution in [3.63, 3.8) is 0 Å². The van der Waals surface area contributed by atoms with Gasteiger partial charge in [-0.1, -0.05) is 11.6 Å². The Kier molecular flexibility index (Phi) is 4.14. The number of hydrogen-bond acceptors (Lipinski definition) is 5. The molecule has 1 unspecified atom stereocenters. The molecule has 0 saturated carbocycles. The first kappa shape index (κ1) is 13.5. The van der Waals surface area contributed by atoms with Gasteiger partial charge in [-0.05, 0) is 6.07 Å². The van der Waals surface area contributed by atoms with Crippen LogP contribution >= 0.6 is 11.6 Å². The fourth-order valence-electron chi connectivity index (χ4n) is 1.25. The van der Waals surface area contributed by atoms with Gasteiger partial charge in [0.1, 0.15) is 0 Å². The lowest BCUT2D eigenvalue weighted by molar-refractivity contribution is -0.150. The van der Waals surface area contributed by atoms with Crippen LogP contribution in [-0.4, -0.2) is 30.4 Å². The zero-order chi connectivity index (χ0) is 13.2. The summed E-state index contributed by atoms with van der Waals surface area (Å²) >= 11 is 5.53. The van der Waals surface area contributed by atoms with Crippen molar-refractivity contribution in [2.45, 2.75) is 6.10 Å². The van der Waals surface area contributed by atoms with Crippen molar-refractivity contribution in [3.8, 4) is 11.5 Å². The molecule has 0 heterocycles. The molecule has 0 aromatic heterocycles. The standard InChI is InChI=1S/C10H10ClFO5/c1-16-9-6(12)5(11)3-4(7(9)13)8(14)10(15)17-2/h3,8,13-14H,1-2H3. The first-order valence-electron chi connectivity index (χ1n) is 4.44. The monoisotopic (exact) mass is 264 g/mol. The van der Waals surface area contributed by atoms with Gasteiger partial charge in [-0.15, -0.1) is 0 Å². The third-order valence-corrected chi connectivity index (χ3v) is 2.38. The summed E-state index contributed by atoms with van der Waals surface area (Å²) in [5, 5.41) is 18.8. The smallest absolute Gasteiger partial charge is 0.339 e. The van der Waals surface area contributed by atoms with Gasteiger partial charge in [0, 0.05) is 5.56 Å². The Morgan fingerprint density at radius 2 is 2.12 bits per heavy atom. The predicted octanol–water partition coefficient (Wildman–Crippen LogP) is 1.40. The first-order chi connectivity index (χ1) is 7.93. The maximum Gasteiger partial charge on any atom is 0.339 e. The van der Waals surface area contributed by atoms with Gasteiger partial charge in [-0.2, -0.15) is 0 Å². The summed E-state index contributed by atoms with van der Waals surface area (Å²) in [5.41, 5.74) is -0.292. The number of halogens is 2. The van der Waals surface area contributed by atoms with E-state index in [1.807, 2.05) is 0 Å². The molecule has 94 valence electrons. The van der Waals surface area contributed by atoms with Crippen LogP contribution < -0.4 is 4.74 Å². The van der Waals surface area contributed by atoms with Crippen LogP contribution in [0.4, 0.5) is 4.39 Å². The van der Waals surface area contributed by atoms with Gasteiger partial charge in [-0.25, -0.2) is 9.18 Å². The third-order valence-electron chi connectivity index (χ3n) is 2.10. The highest BCUT2D eigenvalue weighted by atomic mass is 35.5. The number of carbonyl (C=O) groups is 1. The third kappa shape index (κ3) is 2.42. The van der Waals surface area contributed by atoms with Crippen molar-refractivity contribution in [3.05, 3.63) is 22.5 Å². The average molecular weight is 265 g/mol. The molecule has 0 spiro atoms. The Balaban J connectivity index is 3.35. The minimum atomic E-state index is -1.77. The Morgan fingerprint density at radius 1 is 1.53 bits per heavy atom. The highest BCUT2D eigenvalue weighted by Crippen LogP contribution is 2.40. The quantitative estimate of drug-likeness (QED) is 0.807. The van der Waals surface area contributed by atoms with Crippen molar-refractivity contribution in [2.24, 2.45) is 0 Å². The summed E-state index contributed by atoms with van der Waals surface area (Å²) < 4.78 is 22.2. The van der Waals surface area contributed by atoms with Crippen molar-refractivity contribution < 1.29 is 28.9 Å². The van der Waals surface area contributed by atoms with Gasteiger partial charge in [0.25, 0.3) is 0 Å². The molecular weight excluding hydrogens is 255 g/mol. The van der Waals surface area contributed by atoms with Crippen molar-refractivity contribution >= 4 is 17.6 Å². The number of carbonyl (C=O) groups excluding carboxylic acids is 1. The number of phenols is 1. The predicted molar refractivity (Wildman–Crippen MR) is 56.6 cm³/mol. The molecule has 0 radical (unpaired) electrons. The number of rotatable bonds is 3. The van der Waals surface area contributed by atoms with E-state index in [1.54, 1.807) is 0 Å². The van der Waals surface area contributed by atoms with Crippen LogP contribution in [0.1, 0.15) is 11.7 Å². The topological polar surface area (TPSA) is 76.0 Å². The SMILES string of the molecule is COC(=O)C(O)c1cc(Cl)c(F)c(OC)c1O. The van der Waals surface area contributed by atoms with Crippen LogP contribution in [0.3, 0.4) is 0 Å². The molecule has 0 aliphatic rings. The molecule has 1 aromatic carbocycles. The largest absolute Gasteiger partial charge is 0.504 e. The van der Waals surface area contributed by atoms with Crippen molar-refractivity contribution in [1.82, 2.24) is 0 Å². The van der Waals surface area contributed by atoms with E-state index in [0.29, 0.717) is 0 Å². The molecule has 2 N–H and O–H groups in total. The van der Waals surface area contributed by atoms with Crippen molar-refractivity contribution in [1.29, 1.82) is 0 Å². The molecule has 0 saturated heterocycles. The number of methoxy groups -OCH3 is 2. The van der Waals surface area contributed by atoms with Crippen LogP contribution in [0.15, 0.2) is 6.07 Å². The summed E-state index contributed by atoms with van der Waals surface area (Å²) in [6.45, 7) is 0. The average Bonchev–Trinajstić information content (AvgIpc) is 2.32.